The molecule has 114 valence electrons. The van der Waals surface area contributed by atoms with Gasteiger partial charge in [-0.15, -0.1) is 12.4 Å². The van der Waals surface area contributed by atoms with Gasteiger partial charge in [-0.05, 0) is 26.3 Å². The van der Waals surface area contributed by atoms with Crippen LogP contribution in [-0.2, 0) is 14.8 Å². The van der Waals surface area contributed by atoms with E-state index in [9.17, 15) is 13.2 Å². The Kier molecular flexibility index (Phi) is 8.56. The van der Waals surface area contributed by atoms with Crippen molar-refractivity contribution < 1.29 is 13.2 Å². The topological polar surface area (TPSA) is 78.5 Å². The van der Waals surface area contributed by atoms with E-state index in [0.29, 0.717) is 19.5 Å². The van der Waals surface area contributed by atoms with Crippen molar-refractivity contribution in [2.24, 2.45) is 0 Å². The Morgan fingerprint density at radius 2 is 2.05 bits per heavy atom. The summed E-state index contributed by atoms with van der Waals surface area (Å²) < 4.78 is 24.7. The number of amides is 1. The highest BCUT2D eigenvalue weighted by molar-refractivity contribution is 7.88. The molecule has 0 aliphatic carbocycles. The fraction of sp³-hybridized carbons (Fsp3) is 0.909. The van der Waals surface area contributed by atoms with Crippen molar-refractivity contribution in [2.45, 2.75) is 31.7 Å². The smallest absolute Gasteiger partial charge is 0.224 e. The lowest BCUT2D eigenvalue weighted by molar-refractivity contribution is -0.134. The number of halogens is 1. The second kappa shape index (κ2) is 8.73. The summed E-state index contributed by atoms with van der Waals surface area (Å²) in [7, 11) is -1.38. The Bertz CT molecular complexity index is 375. The predicted octanol–water partition coefficient (Wildman–Crippen LogP) is -0.0520. The zero-order chi connectivity index (χ0) is 13.6. The maximum Gasteiger partial charge on any atom is 0.224 e. The zero-order valence-corrected chi connectivity index (χ0v) is 13.1. The lowest BCUT2D eigenvalue weighted by Gasteiger charge is -2.36. The molecule has 1 rings (SSSR count). The normalized spacial score (nSPS) is 19.9. The molecule has 0 saturated carbocycles. The predicted molar refractivity (Wildman–Crippen MR) is 78.0 cm³/mol. The number of nitrogens with one attached hydrogen (secondary N) is 2. The molecule has 1 amide bonds. The van der Waals surface area contributed by atoms with E-state index in [0.717, 1.165) is 32.1 Å². The van der Waals surface area contributed by atoms with Crippen molar-refractivity contribution in [1.82, 2.24) is 14.9 Å². The minimum absolute atomic E-state index is 0. The summed E-state index contributed by atoms with van der Waals surface area (Å²) in [5.41, 5.74) is 0. The van der Waals surface area contributed by atoms with E-state index in [-0.39, 0.29) is 24.4 Å². The van der Waals surface area contributed by atoms with E-state index in [2.05, 4.69) is 10.0 Å². The first kappa shape index (κ1) is 18.6. The second-order valence-electron chi connectivity index (χ2n) is 4.71. The van der Waals surface area contributed by atoms with Gasteiger partial charge in [0.15, 0.2) is 0 Å². The molecule has 0 bridgehead atoms. The summed E-state index contributed by atoms with van der Waals surface area (Å²) in [5, 5.41) is 2.95. The third-order valence-electron chi connectivity index (χ3n) is 3.12. The Morgan fingerprint density at radius 1 is 1.37 bits per heavy atom. The summed E-state index contributed by atoms with van der Waals surface area (Å²) in [6.45, 7) is 1.71. The number of hydrogen-bond donors (Lipinski definition) is 2. The first-order chi connectivity index (χ1) is 8.44. The lowest BCUT2D eigenvalue weighted by atomic mass is 10.0. The highest BCUT2D eigenvalue weighted by Gasteiger charge is 2.26. The van der Waals surface area contributed by atoms with Gasteiger partial charge < -0.3 is 10.2 Å². The van der Waals surface area contributed by atoms with Gasteiger partial charge in [-0.1, -0.05) is 0 Å². The molecule has 0 spiro atoms. The van der Waals surface area contributed by atoms with Crippen LogP contribution in [0.3, 0.4) is 0 Å². The molecule has 8 heteroatoms. The van der Waals surface area contributed by atoms with Gasteiger partial charge in [-0.25, -0.2) is 13.1 Å². The van der Waals surface area contributed by atoms with Gasteiger partial charge in [0.05, 0.1) is 6.26 Å². The van der Waals surface area contributed by atoms with E-state index in [1.807, 2.05) is 11.9 Å². The largest absolute Gasteiger partial charge is 0.338 e. The van der Waals surface area contributed by atoms with Crippen LogP contribution in [-0.4, -0.2) is 58.2 Å². The number of piperidine rings is 1. The van der Waals surface area contributed by atoms with Crippen molar-refractivity contribution in [3.8, 4) is 0 Å². The van der Waals surface area contributed by atoms with Crippen LogP contribution < -0.4 is 10.0 Å². The lowest BCUT2D eigenvalue weighted by Crippen LogP contribution is -2.49. The highest BCUT2D eigenvalue weighted by atomic mass is 35.5. The average Bonchev–Trinajstić information content (AvgIpc) is 2.33. The maximum absolute atomic E-state index is 12.0. The van der Waals surface area contributed by atoms with E-state index >= 15 is 0 Å². The molecule has 1 fully saturated rings. The molecule has 1 unspecified atom stereocenters. The molecule has 1 aliphatic heterocycles. The Hall–Kier alpha value is -0.370. The first-order valence-electron chi connectivity index (χ1n) is 6.33. The summed E-state index contributed by atoms with van der Waals surface area (Å²) >= 11 is 0. The number of carbonyl (C=O) groups is 1. The van der Waals surface area contributed by atoms with Crippen LogP contribution in [0.25, 0.3) is 0 Å². The minimum atomic E-state index is -3.19. The van der Waals surface area contributed by atoms with Gasteiger partial charge in [0.2, 0.25) is 15.9 Å². The molecule has 0 aromatic heterocycles. The molecular formula is C11H24ClN3O3S. The summed E-state index contributed by atoms with van der Waals surface area (Å²) in [4.78, 5) is 13.8. The molecule has 19 heavy (non-hydrogen) atoms. The number of carbonyl (C=O) groups excluding carboxylic acids is 1. The molecule has 0 aromatic rings. The quantitative estimate of drug-likeness (QED) is 0.720. The van der Waals surface area contributed by atoms with Crippen LogP contribution in [0.2, 0.25) is 0 Å². The summed E-state index contributed by atoms with van der Waals surface area (Å²) in [6.07, 6.45) is 4.52. The summed E-state index contributed by atoms with van der Waals surface area (Å²) in [5.74, 6) is 0.101. The van der Waals surface area contributed by atoms with Gasteiger partial charge in [0, 0.05) is 32.1 Å². The zero-order valence-electron chi connectivity index (χ0n) is 11.5. The molecule has 2 N–H and O–H groups in total. The van der Waals surface area contributed by atoms with E-state index < -0.39 is 10.0 Å². The summed E-state index contributed by atoms with van der Waals surface area (Å²) in [6, 6.07) is -0.00201. The van der Waals surface area contributed by atoms with E-state index in [1.165, 1.54) is 0 Å². The Morgan fingerprint density at radius 3 is 2.63 bits per heavy atom. The van der Waals surface area contributed by atoms with Gasteiger partial charge >= 0.3 is 0 Å². The van der Waals surface area contributed by atoms with Crippen LogP contribution in [0.5, 0.6) is 0 Å². The number of hydrogen-bond acceptors (Lipinski definition) is 4. The number of likely N-dealkylation sites (tertiary alicyclic amines) is 1. The number of nitrogens with zero attached hydrogens (tertiary/aromatic N) is 1. The van der Waals surface area contributed by atoms with Crippen molar-refractivity contribution in [3.63, 3.8) is 0 Å². The monoisotopic (exact) mass is 313 g/mol. The minimum Gasteiger partial charge on any atom is -0.338 e. The molecule has 1 heterocycles. The van der Waals surface area contributed by atoms with Gasteiger partial charge in [0.25, 0.3) is 0 Å². The fourth-order valence-corrected chi connectivity index (χ4v) is 2.66. The van der Waals surface area contributed by atoms with Crippen LogP contribution in [0.1, 0.15) is 25.7 Å². The third kappa shape index (κ3) is 7.10. The van der Waals surface area contributed by atoms with Crippen LogP contribution >= 0.6 is 12.4 Å². The molecule has 1 aliphatic rings. The van der Waals surface area contributed by atoms with Crippen LogP contribution in [0.15, 0.2) is 0 Å². The van der Waals surface area contributed by atoms with E-state index in [1.54, 1.807) is 0 Å². The van der Waals surface area contributed by atoms with Crippen molar-refractivity contribution >= 4 is 28.3 Å². The van der Waals surface area contributed by atoms with Crippen molar-refractivity contribution in [2.75, 3.05) is 32.9 Å². The molecule has 1 saturated heterocycles. The van der Waals surface area contributed by atoms with Crippen LogP contribution in [0.4, 0.5) is 0 Å². The van der Waals surface area contributed by atoms with Crippen LogP contribution in [0, 0.1) is 0 Å². The molecule has 6 nitrogen and oxygen atoms in total. The van der Waals surface area contributed by atoms with Gasteiger partial charge in [-0.3, -0.25) is 4.79 Å². The molecule has 1 atom stereocenters. The molecule has 0 aromatic carbocycles. The maximum atomic E-state index is 12.0. The van der Waals surface area contributed by atoms with E-state index in [4.69, 9.17) is 0 Å². The molecule has 0 radical (unpaired) electrons. The standard InChI is InChI=1S/C11H23N3O3S.ClH/c1-12-7-6-11(15)14-8-4-3-5-10(14)9-13-18(2,16)17;/h10,12-13H,3-9H2,1-2H3;1H. The van der Waals surface area contributed by atoms with Gasteiger partial charge in [0.1, 0.15) is 0 Å². The number of rotatable bonds is 6. The molecular weight excluding hydrogens is 290 g/mol. The Labute approximate surface area is 121 Å². The Balaban J connectivity index is 0.00000324. The second-order valence-corrected chi connectivity index (χ2v) is 6.54. The highest BCUT2D eigenvalue weighted by Crippen LogP contribution is 2.17. The average molecular weight is 314 g/mol. The number of sulfonamides is 1. The van der Waals surface area contributed by atoms with Crippen molar-refractivity contribution in [3.05, 3.63) is 0 Å². The third-order valence-corrected chi connectivity index (χ3v) is 3.81. The van der Waals surface area contributed by atoms with Gasteiger partial charge in [-0.2, -0.15) is 0 Å². The van der Waals surface area contributed by atoms with Crippen molar-refractivity contribution in [1.29, 1.82) is 0 Å². The SMILES string of the molecule is CNCCC(=O)N1CCCCC1CNS(C)(=O)=O.Cl. The first-order valence-corrected chi connectivity index (χ1v) is 8.22. The fourth-order valence-electron chi connectivity index (χ4n) is 2.16.